The van der Waals surface area contributed by atoms with E-state index in [-0.39, 0.29) is 5.82 Å². The molecule has 1 N–H and O–H groups in total. The van der Waals surface area contributed by atoms with E-state index in [1.165, 1.54) is 6.07 Å². The van der Waals surface area contributed by atoms with E-state index in [1.807, 2.05) is 6.07 Å². The van der Waals surface area contributed by atoms with E-state index >= 15 is 0 Å². The number of hydrogen-bond acceptors (Lipinski definition) is 1. The van der Waals surface area contributed by atoms with Crippen LogP contribution in [-0.4, -0.2) is 12.4 Å². The van der Waals surface area contributed by atoms with E-state index in [2.05, 4.69) is 28.2 Å². The molecule has 0 saturated heterocycles. The summed E-state index contributed by atoms with van der Waals surface area (Å²) < 4.78 is 14.2. The second-order valence-corrected chi connectivity index (χ2v) is 5.24. The molecule has 16 heavy (non-hydrogen) atoms. The maximum atomic E-state index is 13.4. The normalized spacial score (nSPS) is 12.8. The van der Waals surface area contributed by atoms with Gasteiger partial charge in [-0.3, -0.25) is 0 Å². The zero-order valence-electron chi connectivity index (χ0n) is 9.27. The van der Waals surface area contributed by atoms with Crippen LogP contribution in [0.15, 0.2) is 22.7 Å². The first-order valence-corrected chi connectivity index (χ1v) is 6.67. The number of halogens is 3. The van der Waals surface area contributed by atoms with Crippen LogP contribution in [0.4, 0.5) is 4.39 Å². The van der Waals surface area contributed by atoms with Gasteiger partial charge in [-0.2, -0.15) is 0 Å². The van der Waals surface area contributed by atoms with E-state index in [9.17, 15) is 4.39 Å². The fraction of sp³-hybridized carbons (Fsp3) is 0.500. The molecule has 4 heteroatoms. The van der Waals surface area contributed by atoms with Gasteiger partial charge >= 0.3 is 0 Å². The second-order valence-electron chi connectivity index (χ2n) is 3.95. The largest absolute Gasteiger partial charge is 0.312 e. The van der Waals surface area contributed by atoms with Gasteiger partial charge in [0.2, 0.25) is 0 Å². The molecule has 1 aromatic carbocycles. The summed E-state index contributed by atoms with van der Waals surface area (Å²) in [6.07, 6.45) is 0.984. The second kappa shape index (κ2) is 7.25. The zero-order chi connectivity index (χ0) is 12.0. The molecule has 0 amide bonds. The molecule has 0 spiro atoms. The molecule has 0 saturated carbocycles. The quantitative estimate of drug-likeness (QED) is 0.785. The van der Waals surface area contributed by atoms with Gasteiger partial charge in [0.25, 0.3) is 0 Å². The number of nitrogens with one attached hydrogen (secondary N) is 1. The first-order valence-electron chi connectivity index (χ1n) is 5.34. The number of benzene rings is 1. The molecule has 0 aliphatic rings. The minimum Gasteiger partial charge on any atom is -0.312 e. The number of alkyl halides is 1. The Labute approximate surface area is 110 Å². The van der Waals surface area contributed by atoms with Crippen molar-refractivity contribution >= 4 is 27.5 Å². The third-order valence-electron chi connectivity index (χ3n) is 2.43. The Bertz CT molecular complexity index is 333. The lowest BCUT2D eigenvalue weighted by molar-refractivity contribution is 0.494. The molecular weight excluding hydrogens is 292 g/mol. The Morgan fingerprint density at radius 1 is 1.50 bits per heavy atom. The van der Waals surface area contributed by atoms with Crippen LogP contribution in [0, 0.1) is 11.7 Å². The van der Waals surface area contributed by atoms with Gasteiger partial charge in [-0.15, -0.1) is 11.6 Å². The number of rotatable bonds is 6. The molecule has 1 unspecified atom stereocenters. The molecule has 0 aromatic heterocycles. The first kappa shape index (κ1) is 13.9. The molecule has 0 heterocycles. The van der Waals surface area contributed by atoms with Crippen LogP contribution < -0.4 is 5.32 Å². The van der Waals surface area contributed by atoms with E-state index in [4.69, 9.17) is 11.6 Å². The maximum Gasteiger partial charge on any atom is 0.128 e. The fourth-order valence-corrected chi connectivity index (χ4v) is 2.11. The summed E-state index contributed by atoms with van der Waals surface area (Å²) in [7, 11) is 0. The van der Waals surface area contributed by atoms with Crippen LogP contribution in [0.1, 0.15) is 18.9 Å². The highest BCUT2D eigenvalue weighted by Crippen LogP contribution is 2.15. The van der Waals surface area contributed by atoms with Crippen LogP contribution in [0.2, 0.25) is 0 Å². The van der Waals surface area contributed by atoms with Crippen molar-refractivity contribution in [2.75, 3.05) is 12.4 Å². The predicted molar refractivity (Wildman–Crippen MR) is 70.3 cm³/mol. The number of hydrogen-bond donors (Lipinski definition) is 1. The highest BCUT2D eigenvalue weighted by atomic mass is 79.9. The van der Waals surface area contributed by atoms with Crippen molar-refractivity contribution < 1.29 is 4.39 Å². The summed E-state index contributed by atoms with van der Waals surface area (Å²) in [4.78, 5) is 0. The van der Waals surface area contributed by atoms with Crippen LogP contribution >= 0.6 is 27.5 Å². The van der Waals surface area contributed by atoms with Crippen molar-refractivity contribution in [2.24, 2.45) is 5.92 Å². The highest BCUT2D eigenvalue weighted by Gasteiger charge is 2.04. The minimum absolute atomic E-state index is 0.174. The van der Waals surface area contributed by atoms with Gasteiger partial charge in [-0.1, -0.05) is 28.9 Å². The monoisotopic (exact) mass is 307 g/mol. The lowest BCUT2D eigenvalue weighted by atomic mass is 10.1. The van der Waals surface area contributed by atoms with E-state index < -0.39 is 0 Å². The third-order valence-corrected chi connectivity index (χ3v) is 3.14. The summed E-state index contributed by atoms with van der Waals surface area (Å²) >= 11 is 8.88. The molecule has 0 aliphatic heterocycles. The van der Waals surface area contributed by atoms with Crippen LogP contribution in [0.25, 0.3) is 0 Å². The molecule has 1 aromatic rings. The molecule has 0 bridgehead atoms. The van der Waals surface area contributed by atoms with Gasteiger partial charge in [-0.05, 0) is 31.0 Å². The van der Waals surface area contributed by atoms with Gasteiger partial charge in [0.05, 0.1) is 0 Å². The molecule has 0 radical (unpaired) electrons. The predicted octanol–water partition coefficient (Wildman–Crippen LogP) is 3.94. The summed E-state index contributed by atoms with van der Waals surface area (Å²) in [5.74, 6) is 1.03. The molecule has 1 nitrogen and oxygen atoms in total. The van der Waals surface area contributed by atoms with Crippen molar-refractivity contribution in [1.29, 1.82) is 0 Å². The minimum atomic E-state index is -0.174. The Balaban J connectivity index is 2.37. The summed E-state index contributed by atoms with van der Waals surface area (Å²) in [5, 5.41) is 3.23. The van der Waals surface area contributed by atoms with E-state index in [1.54, 1.807) is 6.07 Å². The fourth-order valence-electron chi connectivity index (χ4n) is 1.41. The first-order chi connectivity index (χ1) is 7.63. The van der Waals surface area contributed by atoms with Gasteiger partial charge in [0.1, 0.15) is 5.82 Å². The topological polar surface area (TPSA) is 12.0 Å². The summed E-state index contributed by atoms with van der Waals surface area (Å²) in [5.41, 5.74) is 0.696. The molecule has 90 valence electrons. The van der Waals surface area contributed by atoms with Gasteiger partial charge in [-0.25, -0.2) is 4.39 Å². The highest BCUT2D eigenvalue weighted by molar-refractivity contribution is 9.10. The Kier molecular flexibility index (Phi) is 6.32. The Hall–Kier alpha value is -0.120. The summed E-state index contributed by atoms with van der Waals surface area (Å²) in [6, 6.07) is 5.13. The average Bonchev–Trinajstić information content (AvgIpc) is 2.22. The van der Waals surface area contributed by atoms with Crippen molar-refractivity contribution in [2.45, 2.75) is 19.9 Å². The standard InChI is InChI=1S/C12H16BrClFN/c1-9(4-5-14)7-16-8-10-2-3-11(13)6-12(10)15/h2-3,6,9,16H,4-5,7-8H2,1H3. The molecule has 1 atom stereocenters. The lowest BCUT2D eigenvalue weighted by Gasteiger charge is -2.11. The lowest BCUT2D eigenvalue weighted by Crippen LogP contribution is -2.21. The molecule has 0 fully saturated rings. The van der Waals surface area contributed by atoms with Gasteiger partial charge < -0.3 is 5.32 Å². The summed E-state index contributed by atoms with van der Waals surface area (Å²) in [6.45, 7) is 3.56. The van der Waals surface area contributed by atoms with Gasteiger partial charge in [0.15, 0.2) is 0 Å². The average molecular weight is 309 g/mol. The van der Waals surface area contributed by atoms with Crippen molar-refractivity contribution in [1.82, 2.24) is 5.32 Å². The zero-order valence-corrected chi connectivity index (χ0v) is 11.6. The Morgan fingerprint density at radius 2 is 2.25 bits per heavy atom. The van der Waals surface area contributed by atoms with Crippen molar-refractivity contribution in [3.63, 3.8) is 0 Å². The Morgan fingerprint density at radius 3 is 2.88 bits per heavy atom. The smallest absolute Gasteiger partial charge is 0.128 e. The van der Waals surface area contributed by atoms with Crippen LogP contribution in [0.3, 0.4) is 0 Å². The molecule has 0 aliphatic carbocycles. The van der Waals surface area contributed by atoms with Crippen molar-refractivity contribution in [3.05, 3.63) is 34.1 Å². The molecule has 1 rings (SSSR count). The van der Waals surface area contributed by atoms with Crippen LogP contribution in [0.5, 0.6) is 0 Å². The SMILES string of the molecule is CC(CCCl)CNCc1ccc(Br)cc1F. The maximum absolute atomic E-state index is 13.4. The van der Waals surface area contributed by atoms with Crippen molar-refractivity contribution in [3.8, 4) is 0 Å². The van der Waals surface area contributed by atoms with E-state index in [0.717, 1.165) is 17.4 Å². The molecular formula is C12H16BrClFN. The van der Waals surface area contributed by atoms with Crippen LogP contribution in [-0.2, 0) is 6.54 Å². The third kappa shape index (κ3) is 4.81. The van der Waals surface area contributed by atoms with E-state index in [0.29, 0.717) is 23.9 Å². The van der Waals surface area contributed by atoms with Gasteiger partial charge in [0, 0.05) is 22.5 Å².